The number of rotatable bonds is 5. The molecule has 1 amide bonds. The van der Waals surface area contributed by atoms with Crippen LogP contribution < -0.4 is 10.4 Å². The molecule has 0 saturated carbocycles. The molecule has 0 bridgehead atoms. The van der Waals surface area contributed by atoms with Gasteiger partial charge in [0.1, 0.15) is 5.82 Å². The van der Waals surface area contributed by atoms with Crippen molar-refractivity contribution in [2.45, 2.75) is 5.92 Å². The topological polar surface area (TPSA) is 65.5 Å². The maximum Gasteiger partial charge on any atom is 0.255 e. The molecule has 0 spiro atoms. The Bertz CT molecular complexity index is 821. The van der Waals surface area contributed by atoms with Crippen molar-refractivity contribution >= 4 is 17.4 Å². The molecule has 2 N–H and O–H groups in total. The Morgan fingerprint density at radius 3 is 2.20 bits per heavy atom. The minimum absolute atomic E-state index is 0.461. The first-order chi connectivity index (χ1) is 12.2. The van der Waals surface area contributed by atoms with Crippen LogP contribution in [0.5, 0.6) is 0 Å². The second kappa shape index (κ2) is 7.59. The van der Waals surface area contributed by atoms with Gasteiger partial charge in [0.25, 0.3) is 5.91 Å². The maximum absolute atomic E-state index is 12.2. The third kappa shape index (κ3) is 3.67. The summed E-state index contributed by atoms with van der Waals surface area (Å²) in [5.41, 5.74) is 4.34. The molecule has 3 rings (SSSR count). The van der Waals surface area contributed by atoms with Crippen LogP contribution in [0.1, 0.15) is 17.0 Å². The molecule has 1 aromatic heterocycles. The molecule has 2 aromatic carbocycles. The van der Waals surface area contributed by atoms with Crippen molar-refractivity contribution in [2.75, 3.05) is 11.9 Å². The van der Waals surface area contributed by atoms with Gasteiger partial charge in [-0.2, -0.15) is 0 Å². The Kier molecular flexibility index (Phi) is 5.06. The zero-order chi connectivity index (χ0) is 17.6. The minimum atomic E-state index is -0.569. The zero-order valence-electron chi connectivity index (χ0n) is 13.8. The van der Waals surface area contributed by atoms with Crippen molar-refractivity contribution < 1.29 is 10.0 Å². The molecule has 3 aromatic rings. The van der Waals surface area contributed by atoms with Gasteiger partial charge in [0.2, 0.25) is 0 Å². The number of benzene rings is 2. The molecule has 0 aliphatic rings. The molecule has 5 nitrogen and oxygen atoms in total. The smallest absolute Gasteiger partial charge is 0.255 e. The van der Waals surface area contributed by atoms with Crippen molar-refractivity contribution in [3.8, 4) is 0 Å². The van der Waals surface area contributed by atoms with Gasteiger partial charge in [-0.15, -0.1) is 0 Å². The van der Waals surface area contributed by atoms with Crippen LogP contribution in [0.15, 0.2) is 79.0 Å². The number of hydroxylamine groups is 1. The first kappa shape index (κ1) is 16.7. The second-order valence-corrected chi connectivity index (χ2v) is 5.66. The molecule has 126 valence electrons. The van der Waals surface area contributed by atoms with Gasteiger partial charge in [0.05, 0.1) is 5.92 Å². The first-order valence-electron chi connectivity index (χ1n) is 7.94. The molecule has 0 saturated heterocycles. The summed E-state index contributed by atoms with van der Waals surface area (Å²) in [5.74, 6) is -0.194. The first-order valence-corrected chi connectivity index (χ1v) is 7.94. The normalized spacial score (nSPS) is 11.6. The summed E-state index contributed by atoms with van der Waals surface area (Å²) in [7, 11) is 1.94. The van der Waals surface area contributed by atoms with Crippen molar-refractivity contribution in [1.82, 2.24) is 10.5 Å². The van der Waals surface area contributed by atoms with Gasteiger partial charge >= 0.3 is 0 Å². The SMILES string of the molecule is CN(c1ccc(C(C(=O)NO)c2ccccc2)cc1)c1ccccn1. The number of nitrogens with one attached hydrogen (secondary N) is 1. The lowest BCUT2D eigenvalue weighted by atomic mass is 9.90. The number of carbonyl (C=O) groups is 1. The van der Waals surface area contributed by atoms with Gasteiger partial charge in [-0.1, -0.05) is 48.5 Å². The van der Waals surface area contributed by atoms with Crippen molar-refractivity contribution in [2.24, 2.45) is 0 Å². The zero-order valence-corrected chi connectivity index (χ0v) is 13.8. The lowest BCUT2D eigenvalue weighted by Gasteiger charge is -2.20. The highest BCUT2D eigenvalue weighted by molar-refractivity contribution is 5.86. The van der Waals surface area contributed by atoms with Crippen LogP contribution in [0, 0.1) is 0 Å². The fourth-order valence-electron chi connectivity index (χ4n) is 2.78. The number of anilines is 2. The van der Waals surface area contributed by atoms with Gasteiger partial charge in [0.15, 0.2) is 0 Å². The maximum atomic E-state index is 12.2. The van der Waals surface area contributed by atoms with E-state index < -0.39 is 11.8 Å². The highest BCUT2D eigenvalue weighted by atomic mass is 16.5. The van der Waals surface area contributed by atoms with Gasteiger partial charge < -0.3 is 4.90 Å². The van der Waals surface area contributed by atoms with E-state index in [0.717, 1.165) is 22.6 Å². The van der Waals surface area contributed by atoms with E-state index in [9.17, 15) is 4.79 Å². The summed E-state index contributed by atoms with van der Waals surface area (Å²) < 4.78 is 0. The number of carbonyl (C=O) groups excluding carboxylic acids is 1. The van der Waals surface area contributed by atoms with Crippen LogP contribution >= 0.6 is 0 Å². The lowest BCUT2D eigenvalue weighted by Crippen LogP contribution is -2.27. The van der Waals surface area contributed by atoms with Crippen molar-refractivity contribution in [3.05, 3.63) is 90.1 Å². The second-order valence-electron chi connectivity index (χ2n) is 5.66. The average molecular weight is 333 g/mol. The summed E-state index contributed by atoms with van der Waals surface area (Å²) >= 11 is 0. The third-order valence-electron chi connectivity index (χ3n) is 4.11. The van der Waals surface area contributed by atoms with E-state index in [0.29, 0.717) is 0 Å². The molecule has 0 radical (unpaired) electrons. The molecule has 0 fully saturated rings. The molecular weight excluding hydrogens is 314 g/mol. The Labute approximate surface area is 146 Å². The standard InChI is InChI=1S/C20H19N3O2/c1-23(18-9-5-6-14-21-18)17-12-10-16(11-13-17)19(20(24)22-25)15-7-3-2-4-8-15/h2-14,19,25H,1H3,(H,22,24). The third-order valence-corrected chi connectivity index (χ3v) is 4.11. The molecule has 25 heavy (non-hydrogen) atoms. The van der Waals surface area contributed by atoms with Gasteiger partial charge in [-0.25, -0.2) is 10.5 Å². The molecule has 0 aliphatic heterocycles. The molecular formula is C20H19N3O2. The number of aromatic nitrogens is 1. The Morgan fingerprint density at radius 2 is 1.60 bits per heavy atom. The van der Waals surface area contributed by atoms with Crippen LogP contribution in [-0.2, 0) is 4.79 Å². The molecule has 5 heteroatoms. The largest absolute Gasteiger partial charge is 0.329 e. The van der Waals surface area contributed by atoms with E-state index in [2.05, 4.69) is 4.98 Å². The van der Waals surface area contributed by atoms with Crippen molar-refractivity contribution in [3.63, 3.8) is 0 Å². The predicted octanol–water partition coefficient (Wildman–Crippen LogP) is 3.49. The monoisotopic (exact) mass is 333 g/mol. The van der Waals surface area contributed by atoms with Gasteiger partial charge in [0, 0.05) is 18.9 Å². The van der Waals surface area contributed by atoms with Crippen LogP contribution in [0.4, 0.5) is 11.5 Å². The van der Waals surface area contributed by atoms with E-state index in [1.54, 1.807) is 11.7 Å². The highest BCUT2D eigenvalue weighted by Crippen LogP contribution is 2.28. The summed E-state index contributed by atoms with van der Waals surface area (Å²) in [6.45, 7) is 0. The number of amides is 1. The number of hydrogen-bond acceptors (Lipinski definition) is 4. The van der Waals surface area contributed by atoms with Crippen molar-refractivity contribution in [1.29, 1.82) is 0 Å². The summed E-state index contributed by atoms with van der Waals surface area (Å²) in [6, 6.07) is 22.8. The van der Waals surface area contributed by atoms with E-state index in [-0.39, 0.29) is 0 Å². The Balaban J connectivity index is 1.90. The van der Waals surface area contributed by atoms with Crippen LogP contribution in [0.25, 0.3) is 0 Å². The van der Waals surface area contributed by atoms with E-state index in [4.69, 9.17) is 5.21 Å². The molecule has 1 heterocycles. The quantitative estimate of drug-likeness (QED) is 0.554. The Morgan fingerprint density at radius 1 is 0.960 bits per heavy atom. The summed E-state index contributed by atoms with van der Waals surface area (Å²) in [4.78, 5) is 18.5. The van der Waals surface area contributed by atoms with Gasteiger partial charge in [-0.3, -0.25) is 10.0 Å². The van der Waals surface area contributed by atoms with E-state index in [1.165, 1.54) is 0 Å². The number of pyridine rings is 1. The number of nitrogens with zero attached hydrogens (tertiary/aromatic N) is 2. The average Bonchev–Trinajstić information content (AvgIpc) is 2.69. The van der Waals surface area contributed by atoms with E-state index >= 15 is 0 Å². The molecule has 1 atom stereocenters. The van der Waals surface area contributed by atoms with Crippen LogP contribution in [0.3, 0.4) is 0 Å². The van der Waals surface area contributed by atoms with E-state index in [1.807, 2.05) is 84.7 Å². The highest BCUT2D eigenvalue weighted by Gasteiger charge is 2.22. The summed E-state index contributed by atoms with van der Waals surface area (Å²) in [5, 5.41) is 9.10. The van der Waals surface area contributed by atoms with Crippen LogP contribution in [-0.4, -0.2) is 23.1 Å². The number of hydrogen-bond donors (Lipinski definition) is 2. The predicted molar refractivity (Wildman–Crippen MR) is 97.0 cm³/mol. The van der Waals surface area contributed by atoms with Gasteiger partial charge in [-0.05, 0) is 35.4 Å². The minimum Gasteiger partial charge on any atom is -0.329 e. The summed E-state index contributed by atoms with van der Waals surface area (Å²) in [6.07, 6.45) is 1.75. The lowest BCUT2D eigenvalue weighted by molar-refractivity contribution is -0.129. The molecule has 1 unspecified atom stereocenters. The molecule has 0 aliphatic carbocycles. The Hall–Kier alpha value is -3.18. The van der Waals surface area contributed by atoms with Crippen LogP contribution in [0.2, 0.25) is 0 Å². The fourth-order valence-corrected chi connectivity index (χ4v) is 2.78. The fraction of sp³-hybridized carbons (Fsp3) is 0.100.